The molecule has 0 fully saturated rings. The third kappa shape index (κ3) is 3.58. The Morgan fingerprint density at radius 1 is 1.10 bits per heavy atom. The molecule has 1 aromatic heterocycles. The number of fused-ring (bicyclic) bond motifs is 1. The van der Waals surface area contributed by atoms with Gasteiger partial charge in [-0.15, -0.1) is 0 Å². The Hall–Kier alpha value is -3.84. The van der Waals surface area contributed by atoms with E-state index < -0.39 is 10.9 Å². The molecule has 0 spiro atoms. The lowest BCUT2D eigenvalue weighted by atomic mass is 10.1. The van der Waals surface area contributed by atoms with Gasteiger partial charge in [-0.25, -0.2) is 4.79 Å². The van der Waals surface area contributed by atoms with Crippen molar-refractivity contribution in [2.45, 2.75) is 0 Å². The van der Waals surface area contributed by atoms with Crippen molar-refractivity contribution in [2.75, 3.05) is 12.4 Å². The van der Waals surface area contributed by atoms with Crippen molar-refractivity contribution in [1.29, 1.82) is 0 Å². The van der Waals surface area contributed by atoms with Gasteiger partial charge in [-0.05, 0) is 48.5 Å². The lowest BCUT2D eigenvalue weighted by molar-refractivity contribution is -0.384. The minimum absolute atomic E-state index is 0.0288. The maximum atomic E-state index is 12.1. The number of nitro benzene ring substituents is 1. The molecule has 150 valence electrons. The number of carbonyl (C=O) groups is 1. The van der Waals surface area contributed by atoms with Crippen LogP contribution in [0.1, 0.15) is 10.4 Å². The second-order valence-corrected chi connectivity index (χ2v) is 6.95. The topological polar surface area (TPSA) is 86.4 Å². The number of ether oxygens (including phenoxy) is 1. The summed E-state index contributed by atoms with van der Waals surface area (Å²) in [4.78, 5) is 23.0. The fraction of sp³-hybridized carbons (Fsp3) is 0.0455. The minimum atomic E-state index is -0.497. The minimum Gasteiger partial charge on any atom is -0.465 e. The van der Waals surface area contributed by atoms with Gasteiger partial charge >= 0.3 is 5.97 Å². The molecule has 3 aromatic carbocycles. The predicted octanol–water partition coefficient (Wildman–Crippen LogP) is 5.72. The number of rotatable bonds is 5. The van der Waals surface area contributed by atoms with Crippen LogP contribution in [0.4, 0.5) is 17.1 Å². The summed E-state index contributed by atoms with van der Waals surface area (Å²) in [5, 5.41) is 15.9. The number of esters is 1. The average Bonchev–Trinajstić information content (AvgIpc) is 3.17. The molecule has 0 aliphatic heterocycles. The van der Waals surface area contributed by atoms with Crippen LogP contribution < -0.4 is 5.32 Å². The third-order valence-corrected chi connectivity index (χ3v) is 4.93. The van der Waals surface area contributed by atoms with E-state index in [1.54, 1.807) is 47.2 Å². The molecule has 0 aliphatic carbocycles. The molecule has 0 saturated heterocycles. The van der Waals surface area contributed by atoms with Crippen LogP contribution in [0.15, 0.2) is 72.9 Å². The molecule has 30 heavy (non-hydrogen) atoms. The van der Waals surface area contributed by atoms with Crippen molar-refractivity contribution < 1.29 is 14.5 Å². The van der Waals surface area contributed by atoms with Crippen molar-refractivity contribution in [2.24, 2.45) is 0 Å². The summed E-state index contributed by atoms with van der Waals surface area (Å²) in [5.41, 5.74) is 2.96. The standard InChI is InChI=1S/C22H16ClN3O4/c1-30-22(27)17-13-15(23)6-8-18(17)24-16-7-9-19-14(12-16)10-11-25(19)20-4-2-3-5-21(20)26(28)29/h2-13,24H,1H3. The maximum Gasteiger partial charge on any atom is 0.340 e. The molecule has 7 nitrogen and oxygen atoms in total. The summed E-state index contributed by atoms with van der Waals surface area (Å²) in [6, 6.07) is 19.0. The molecule has 0 amide bonds. The molecule has 0 unspecified atom stereocenters. The van der Waals surface area contributed by atoms with E-state index >= 15 is 0 Å². The van der Waals surface area contributed by atoms with Gasteiger partial charge in [0.2, 0.25) is 0 Å². The Morgan fingerprint density at radius 3 is 2.67 bits per heavy atom. The fourth-order valence-corrected chi connectivity index (χ4v) is 3.48. The first-order valence-electron chi connectivity index (χ1n) is 8.98. The molecular weight excluding hydrogens is 406 g/mol. The molecule has 0 atom stereocenters. The second kappa shape index (κ2) is 7.88. The van der Waals surface area contributed by atoms with E-state index in [9.17, 15) is 14.9 Å². The fourth-order valence-electron chi connectivity index (χ4n) is 3.31. The van der Waals surface area contributed by atoms with Gasteiger partial charge in [0.25, 0.3) is 5.69 Å². The second-order valence-electron chi connectivity index (χ2n) is 6.51. The van der Waals surface area contributed by atoms with E-state index in [4.69, 9.17) is 16.3 Å². The van der Waals surface area contributed by atoms with Crippen LogP contribution in [0, 0.1) is 10.1 Å². The molecule has 4 aromatic rings. The van der Waals surface area contributed by atoms with Gasteiger partial charge in [0.05, 0.1) is 28.8 Å². The summed E-state index contributed by atoms with van der Waals surface area (Å²) in [5.74, 6) is -0.497. The number of halogens is 1. The quantitative estimate of drug-likeness (QED) is 0.253. The summed E-state index contributed by atoms with van der Waals surface area (Å²) in [6.07, 6.45) is 1.79. The highest BCUT2D eigenvalue weighted by Gasteiger charge is 2.16. The van der Waals surface area contributed by atoms with Crippen molar-refractivity contribution in [3.05, 3.63) is 93.6 Å². The Balaban J connectivity index is 1.73. The molecule has 8 heteroatoms. The van der Waals surface area contributed by atoms with E-state index in [0.717, 1.165) is 16.6 Å². The molecule has 0 radical (unpaired) electrons. The van der Waals surface area contributed by atoms with E-state index in [-0.39, 0.29) is 5.69 Å². The van der Waals surface area contributed by atoms with Gasteiger partial charge in [0.15, 0.2) is 0 Å². The Labute approximate surface area is 176 Å². The zero-order valence-electron chi connectivity index (χ0n) is 15.8. The number of anilines is 2. The summed E-state index contributed by atoms with van der Waals surface area (Å²) >= 11 is 6.01. The van der Waals surface area contributed by atoms with E-state index in [1.807, 2.05) is 24.3 Å². The lowest BCUT2D eigenvalue weighted by Crippen LogP contribution is -2.05. The summed E-state index contributed by atoms with van der Waals surface area (Å²) in [7, 11) is 1.31. The van der Waals surface area contributed by atoms with E-state index in [0.29, 0.717) is 22.0 Å². The number of para-hydroxylation sites is 2. The molecule has 0 saturated carbocycles. The molecule has 0 bridgehead atoms. The van der Waals surface area contributed by atoms with Crippen molar-refractivity contribution in [3.8, 4) is 5.69 Å². The SMILES string of the molecule is COC(=O)c1cc(Cl)ccc1Nc1ccc2c(ccn2-c2ccccc2[N+](=O)[O-])c1. The van der Waals surface area contributed by atoms with Crippen LogP contribution in [0.25, 0.3) is 16.6 Å². The first kappa shape index (κ1) is 19.5. The highest BCUT2D eigenvalue weighted by Crippen LogP contribution is 2.30. The van der Waals surface area contributed by atoms with Crippen LogP contribution in [-0.4, -0.2) is 22.6 Å². The predicted molar refractivity (Wildman–Crippen MR) is 116 cm³/mol. The molecular formula is C22H16ClN3O4. The number of carbonyl (C=O) groups excluding carboxylic acids is 1. The van der Waals surface area contributed by atoms with Crippen LogP contribution in [0.3, 0.4) is 0 Å². The van der Waals surface area contributed by atoms with E-state index in [1.165, 1.54) is 13.2 Å². The first-order valence-corrected chi connectivity index (χ1v) is 9.35. The van der Waals surface area contributed by atoms with Gasteiger partial charge < -0.3 is 14.6 Å². The Morgan fingerprint density at radius 2 is 1.90 bits per heavy atom. The smallest absolute Gasteiger partial charge is 0.340 e. The molecule has 1 heterocycles. The van der Waals surface area contributed by atoms with Crippen LogP contribution in [0.2, 0.25) is 5.02 Å². The van der Waals surface area contributed by atoms with Gasteiger partial charge in [0.1, 0.15) is 5.69 Å². The van der Waals surface area contributed by atoms with Crippen molar-refractivity contribution >= 4 is 45.5 Å². The third-order valence-electron chi connectivity index (χ3n) is 4.69. The Kier molecular flexibility index (Phi) is 5.12. The van der Waals surface area contributed by atoms with E-state index in [2.05, 4.69) is 5.32 Å². The number of benzene rings is 3. The number of nitrogens with zero attached hydrogens (tertiary/aromatic N) is 2. The number of methoxy groups -OCH3 is 1. The van der Waals surface area contributed by atoms with Gasteiger partial charge in [-0.2, -0.15) is 0 Å². The van der Waals surface area contributed by atoms with Gasteiger partial charge in [-0.3, -0.25) is 10.1 Å². The van der Waals surface area contributed by atoms with Crippen molar-refractivity contribution in [3.63, 3.8) is 0 Å². The zero-order chi connectivity index (χ0) is 21.3. The Bertz CT molecular complexity index is 1280. The number of hydrogen-bond donors (Lipinski definition) is 1. The van der Waals surface area contributed by atoms with Gasteiger partial charge in [0, 0.05) is 28.4 Å². The highest BCUT2D eigenvalue weighted by atomic mass is 35.5. The number of nitro groups is 1. The zero-order valence-corrected chi connectivity index (χ0v) is 16.6. The van der Waals surface area contributed by atoms with Crippen LogP contribution >= 0.6 is 11.6 Å². The largest absolute Gasteiger partial charge is 0.465 e. The number of nitrogens with one attached hydrogen (secondary N) is 1. The lowest BCUT2D eigenvalue weighted by Gasteiger charge is -2.12. The normalized spacial score (nSPS) is 10.7. The number of aromatic nitrogens is 1. The molecule has 1 N–H and O–H groups in total. The summed E-state index contributed by atoms with van der Waals surface area (Å²) < 4.78 is 6.60. The van der Waals surface area contributed by atoms with Crippen LogP contribution in [0.5, 0.6) is 0 Å². The highest BCUT2D eigenvalue weighted by molar-refractivity contribution is 6.31. The number of hydrogen-bond acceptors (Lipinski definition) is 5. The monoisotopic (exact) mass is 421 g/mol. The van der Waals surface area contributed by atoms with Crippen molar-refractivity contribution in [1.82, 2.24) is 4.57 Å². The maximum absolute atomic E-state index is 12.1. The molecule has 0 aliphatic rings. The average molecular weight is 422 g/mol. The summed E-state index contributed by atoms with van der Waals surface area (Å²) in [6.45, 7) is 0. The molecule has 4 rings (SSSR count). The van der Waals surface area contributed by atoms with Gasteiger partial charge in [-0.1, -0.05) is 23.7 Å². The first-order chi connectivity index (χ1) is 14.5. The van der Waals surface area contributed by atoms with Crippen LogP contribution in [-0.2, 0) is 4.74 Å².